The predicted octanol–water partition coefficient (Wildman–Crippen LogP) is 3.06. The number of nitrogens with zero attached hydrogens (tertiary/aromatic N) is 1. The summed E-state index contributed by atoms with van der Waals surface area (Å²) < 4.78 is 0. The number of allylic oxidation sites excluding steroid dienone is 1. The molecule has 1 aromatic rings. The molecule has 0 radical (unpaired) electrons. The average Bonchev–Trinajstić information content (AvgIpc) is 2.71. The van der Waals surface area contributed by atoms with Gasteiger partial charge in [-0.3, -0.25) is 4.99 Å². The van der Waals surface area contributed by atoms with Gasteiger partial charge in [-0.1, -0.05) is 31.2 Å². The van der Waals surface area contributed by atoms with Gasteiger partial charge in [0.25, 0.3) is 0 Å². The van der Waals surface area contributed by atoms with Crippen LogP contribution in [0.1, 0.15) is 24.5 Å². The standard InChI is InChI=1S/C12H13N/c1-2-10-5-3-6-11(9-10)12-7-4-8-13-12/h3,5-9H,2,4H2,1H3. The van der Waals surface area contributed by atoms with Crippen molar-refractivity contribution < 1.29 is 0 Å². The van der Waals surface area contributed by atoms with Crippen molar-refractivity contribution in [2.75, 3.05) is 0 Å². The fourth-order valence-electron chi connectivity index (χ4n) is 1.51. The third-order valence-corrected chi connectivity index (χ3v) is 2.28. The molecule has 0 bridgehead atoms. The van der Waals surface area contributed by atoms with Crippen molar-refractivity contribution in [1.82, 2.24) is 0 Å². The van der Waals surface area contributed by atoms with Crippen LogP contribution in [0.5, 0.6) is 0 Å². The molecule has 2 rings (SSSR count). The van der Waals surface area contributed by atoms with E-state index in [0.717, 1.165) is 18.5 Å². The van der Waals surface area contributed by atoms with Gasteiger partial charge in [0.05, 0.1) is 5.70 Å². The number of aliphatic imine (C=N–C) groups is 1. The fourth-order valence-corrected chi connectivity index (χ4v) is 1.51. The van der Waals surface area contributed by atoms with Crippen LogP contribution in [0.4, 0.5) is 0 Å². The van der Waals surface area contributed by atoms with Crippen LogP contribution in [0.15, 0.2) is 35.3 Å². The number of rotatable bonds is 2. The van der Waals surface area contributed by atoms with E-state index in [2.05, 4.69) is 42.3 Å². The van der Waals surface area contributed by atoms with Crippen LogP contribution < -0.4 is 0 Å². The fraction of sp³-hybridized carbons (Fsp3) is 0.250. The highest BCUT2D eigenvalue weighted by molar-refractivity contribution is 5.81. The third kappa shape index (κ3) is 1.69. The highest BCUT2D eigenvalue weighted by atomic mass is 14.7. The van der Waals surface area contributed by atoms with E-state index in [1.54, 1.807) is 0 Å². The van der Waals surface area contributed by atoms with Gasteiger partial charge in [0, 0.05) is 18.2 Å². The van der Waals surface area contributed by atoms with E-state index in [1.165, 1.54) is 11.1 Å². The van der Waals surface area contributed by atoms with Gasteiger partial charge >= 0.3 is 0 Å². The first-order valence-corrected chi connectivity index (χ1v) is 4.72. The Labute approximate surface area is 78.8 Å². The molecule has 0 unspecified atom stereocenters. The molecule has 1 heterocycles. The Kier molecular flexibility index (Phi) is 2.26. The van der Waals surface area contributed by atoms with E-state index < -0.39 is 0 Å². The summed E-state index contributed by atoms with van der Waals surface area (Å²) in [6, 6.07) is 8.59. The van der Waals surface area contributed by atoms with Crippen molar-refractivity contribution in [2.45, 2.75) is 19.8 Å². The van der Waals surface area contributed by atoms with Gasteiger partial charge in [-0.2, -0.15) is 0 Å². The Morgan fingerprint density at radius 1 is 1.38 bits per heavy atom. The zero-order valence-corrected chi connectivity index (χ0v) is 7.83. The number of hydrogen-bond donors (Lipinski definition) is 0. The van der Waals surface area contributed by atoms with Gasteiger partial charge < -0.3 is 0 Å². The lowest BCUT2D eigenvalue weighted by atomic mass is 10.1. The molecule has 0 N–H and O–H groups in total. The normalized spacial score (nSPS) is 14.7. The molecule has 66 valence electrons. The van der Waals surface area contributed by atoms with Gasteiger partial charge in [0.15, 0.2) is 0 Å². The number of hydrogen-bond acceptors (Lipinski definition) is 1. The Bertz CT molecular complexity index is 361. The van der Waals surface area contributed by atoms with E-state index in [4.69, 9.17) is 0 Å². The summed E-state index contributed by atoms with van der Waals surface area (Å²) in [5.74, 6) is 0. The van der Waals surface area contributed by atoms with E-state index in [0.29, 0.717) is 0 Å². The molecule has 0 spiro atoms. The van der Waals surface area contributed by atoms with E-state index in [9.17, 15) is 0 Å². The second-order valence-corrected chi connectivity index (χ2v) is 3.19. The molecule has 1 nitrogen and oxygen atoms in total. The molecule has 1 heteroatoms. The van der Waals surface area contributed by atoms with Crippen LogP contribution in [0.3, 0.4) is 0 Å². The van der Waals surface area contributed by atoms with Crippen LogP contribution in [0, 0.1) is 0 Å². The minimum atomic E-state index is 0.978. The molecular formula is C12H13N. The minimum Gasteiger partial charge on any atom is -0.261 e. The van der Waals surface area contributed by atoms with E-state index in [-0.39, 0.29) is 0 Å². The molecule has 0 aliphatic carbocycles. The second-order valence-electron chi connectivity index (χ2n) is 3.19. The minimum absolute atomic E-state index is 0.978. The quantitative estimate of drug-likeness (QED) is 0.648. The average molecular weight is 171 g/mol. The monoisotopic (exact) mass is 171 g/mol. The van der Waals surface area contributed by atoms with Crippen LogP contribution in [-0.4, -0.2) is 6.21 Å². The summed E-state index contributed by atoms with van der Waals surface area (Å²) in [7, 11) is 0. The molecule has 0 amide bonds. The van der Waals surface area contributed by atoms with Gasteiger partial charge in [-0.25, -0.2) is 0 Å². The molecular weight excluding hydrogens is 158 g/mol. The zero-order chi connectivity index (χ0) is 9.10. The highest BCUT2D eigenvalue weighted by Crippen LogP contribution is 2.20. The summed E-state index contributed by atoms with van der Waals surface area (Å²) in [5.41, 5.74) is 3.74. The maximum atomic E-state index is 4.32. The zero-order valence-electron chi connectivity index (χ0n) is 7.83. The first kappa shape index (κ1) is 8.24. The van der Waals surface area contributed by atoms with Crippen molar-refractivity contribution in [1.29, 1.82) is 0 Å². The van der Waals surface area contributed by atoms with Crippen molar-refractivity contribution in [2.24, 2.45) is 4.99 Å². The number of benzene rings is 1. The van der Waals surface area contributed by atoms with Gasteiger partial charge in [-0.05, 0) is 18.1 Å². The summed E-state index contributed by atoms with van der Waals surface area (Å²) in [4.78, 5) is 4.32. The summed E-state index contributed by atoms with van der Waals surface area (Å²) >= 11 is 0. The van der Waals surface area contributed by atoms with E-state index in [1.807, 2.05) is 6.21 Å². The van der Waals surface area contributed by atoms with Crippen molar-refractivity contribution >= 4 is 11.9 Å². The highest BCUT2D eigenvalue weighted by Gasteiger charge is 2.02. The molecule has 13 heavy (non-hydrogen) atoms. The van der Waals surface area contributed by atoms with Gasteiger partial charge in [-0.15, -0.1) is 0 Å². The van der Waals surface area contributed by atoms with E-state index >= 15 is 0 Å². The Morgan fingerprint density at radius 3 is 3.00 bits per heavy atom. The summed E-state index contributed by atoms with van der Waals surface area (Å²) in [6.07, 6.45) is 6.18. The first-order chi connectivity index (χ1) is 6.40. The second kappa shape index (κ2) is 3.56. The van der Waals surface area contributed by atoms with Gasteiger partial charge in [0.2, 0.25) is 0 Å². The first-order valence-electron chi connectivity index (χ1n) is 4.72. The van der Waals surface area contributed by atoms with Crippen molar-refractivity contribution in [3.8, 4) is 0 Å². The predicted molar refractivity (Wildman–Crippen MR) is 56.9 cm³/mol. The SMILES string of the molecule is CCc1cccc(C2=CCC=N2)c1. The van der Waals surface area contributed by atoms with Crippen LogP contribution in [0.25, 0.3) is 5.70 Å². The number of aryl methyl sites for hydroxylation is 1. The van der Waals surface area contributed by atoms with Crippen LogP contribution in [0.2, 0.25) is 0 Å². The van der Waals surface area contributed by atoms with Gasteiger partial charge in [0.1, 0.15) is 0 Å². The molecule has 0 saturated heterocycles. The molecule has 0 aromatic heterocycles. The third-order valence-electron chi connectivity index (χ3n) is 2.28. The topological polar surface area (TPSA) is 12.4 Å². The maximum absolute atomic E-state index is 4.32. The maximum Gasteiger partial charge on any atom is 0.0662 e. The molecule has 0 atom stereocenters. The van der Waals surface area contributed by atoms with Crippen molar-refractivity contribution in [3.63, 3.8) is 0 Å². The Balaban J connectivity index is 2.35. The van der Waals surface area contributed by atoms with Crippen LogP contribution in [-0.2, 0) is 6.42 Å². The van der Waals surface area contributed by atoms with Crippen molar-refractivity contribution in [3.05, 3.63) is 41.5 Å². The molecule has 1 aromatic carbocycles. The largest absolute Gasteiger partial charge is 0.261 e. The lowest BCUT2D eigenvalue weighted by Crippen LogP contribution is -1.83. The summed E-state index contributed by atoms with van der Waals surface area (Å²) in [5, 5.41) is 0. The Hall–Kier alpha value is -1.37. The Morgan fingerprint density at radius 2 is 2.31 bits per heavy atom. The molecule has 1 aliphatic heterocycles. The smallest absolute Gasteiger partial charge is 0.0662 e. The molecule has 1 aliphatic rings. The summed E-state index contributed by atoms with van der Waals surface area (Å²) in [6.45, 7) is 2.17. The van der Waals surface area contributed by atoms with Crippen LogP contribution >= 0.6 is 0 Å². The lowest BCUT2D eigenvalue weighted by molar-refractivity contribution is 1.14. The molecule has 0 fully saturated rings. The lowest BCUT2D eigenvalue weighted by Gasteiger charge is -2.01. The molecule has 0 saturated carbocycles.